The quantitative estimate of drug-likeness (QED) is 0.834. The summed E-state index contributed by atoms with van der Waals surface area (Å²) in [5, 5.41) is 3.08. The van der Waals surface area contributed by atoms with Crippen LogP contribution < -0.4 is 5.32 Å². The van der Waals surface area contributed by atoms with Gasteiger partial charge in [-0.25, -0.2) is 4.79 Å². The summed E-state index contributed by atoms with van der Waals surface area (Å²) in [7, 11) is 2.11. The number of amides is 2. The van der Waals surface area contributed by atoms with E-state index in [-0.39, 0.29) is 6.03 Å². The van der Waals surface area contributed by atoms with Crippen molar-refractivity contribution in [2.75, 3.05) is 39.8 Å². The van der Waals surface area contributed by atoms with Crippen molar-refractivity contribution in [3.63, 3.8) is 0 Å². The second-order valence-electron chi connectivity index (χ2n) is 5.81. The van der Waals surface area contributed by atoms with Gasteiger partial charge in [-0.05, 0) is 19.4 Å². The molecule has 0 aromatic rings. The maximum absolute atomic E-state index is 11.9. The van der Waals surface area contributed by atoms with Gasteiger partial charge in [-0.1, -0.05) is 32.1 Å². The van der Waals surface area contributed by atoms with E-state index in [4.69, 9.17) is 0 Å². The molecule has 1 saturated carbocycles. The Morgan fingerprint density at radius 1 is 1.11 bits per heavy atom. The number of hydrogen-bond acceptors (Lipinski definition) is 2. The minimum Gasteiger partial charge on any atom is -0.338 e. The summed E-state index contributed by atoms with van der Waals surface area (Å²) in [6, 6.07) is 0.138. The number of nitrogens with zero attached hydrogens (tertiary/aromatic N) is 2. The first-order valence-corrected chi connectivity index (χ1v) is 7.47. The molecule has 2 amide bonds. The molecule has 0 aromatic carbocycles. The molecule has 2 fully saturated rings. The van der Waals surface area contributed by atoms with E-state index in [0.717, 1.165) is 38.6 Å². The van der Waals surface area contributed by atoms with Gasteiger partial charge in [0.1, 0.15) is 0 Å². The summed E-state index contributed by atoms with van der Waals surface area (Å²) in [4.78, 5) is 16.2. The van der Waals surface area contributed by atoms with Crippen LogP contribution >= 0.6 is 0 Å². The second kappa shape index (κ2) is 6.98. The van der Waals surface area contributed by atoms with Crippen molar-refractivity contribution in [2.24, 2.45) is 5.92 Å². The topological polar surface area (TPSA) is 35.6 Å². The normalized spacial score (nSPS) is 23.1. The number of hydrogen-bond donors (Lipinski definition) is 1. The third-order valence-corrected chi connectivity index (χ3v) is 4.34. The fourth-order valence-electron chi connectivity index (χ4n) is 2.98. The molecule has 0 radical (unpaired) electrons. The Bertz CT molecular complexity index is 256. The first-order chi connectivity index (χ1) is 8.75. The fourth-order valence-corrected chi connectivity index (χ4v) is 2.98. The molecule has 2 aliphatic rings. The minimum atomic E-state index is 0.138. The summed E-state index contributed by atoms with van der Waals surface area (Å²) in [5.74, 6) is 0.853. The Balaban J connectivity index is 1.59. The average molecular weight is 253 g/mol. The number of urea groups is 1. The molecule has 1 N–H and O–H groups in total. The van der Waals surface area contributed by atoms with E-state index in [1.807, 2.05) is 4.90 Å². The van der Waals surface area contributed by atoms with Crippen LogP contribution in [-0.4, -0.2) is 55.6 Å². The fraction of sp³-hybridized carbons (Fsp3) is 0.929. The zero-order valence-corrected chi connectivity index (χ0v) is 11.7. The SMILES string of the molecule is CN1CCN(C(=O)NCCC2CCCCC2)CC1. The Hall–Kier alpha value is -0.770. The van der Waals surface area contributed by atoms with E-state index in [1.54, 1.807) is 0 Å². The molecule has 0 unspecified atom stereocenters. The first kappa shape index (κ1) is 13.7. The molecule has 104 valence electrons. The number of nitrogens with one attached hydrogen (secondary N) is 1. The predicted octanol–water partition coefficient (Wildman–Crippen LogP) is 1.91. The highest BCUT2D eigenvalue weighted by Crippen LogP contribution is 2.25. The highest BCUT2D eigenvalue weighted by atomic mass is 16.2. The largest absolute Gasteiger partial charge is 0.338 e. The molecule has 0 aromatic heterocycles. The first-order valence-electron chi connectivity index (χ1n) is 7.47. The van der Waals surface area contributed by atoms with Crippen LogP contribution in [-0.2, 0) is 0 Å². The highest BCUT2D eigenvalue weighted by molar-refractivity contribution is 5.74. The van der Waals surface area contributed by atoms with Crippen molar-refractivity contribution in [1.29, 1.82) is 0 Å². The van der Waals surface area contributed by atoms with Crippen LogP contribution in [0.4, 0.5) is 4.79 Å². The highest BCUT2D eigenvalue weighted by Gasteiger charge is 2.19. The smallest absolute Gasteiger partial charge is 0.317 e. The molecule has 18 heavy (non-hydrogen) atoms. The Morgan fingerprint density at radius 3 is 2.44 bits per heavy atom. The van der Waals surface area contributed by atoms with Gasteiger partial charge in [0.15, 0.2) is 0 Å². The summed E-state index contributed by atoms with van der Waals surface area (Å²) >= 11 is 0. The zero-order valence-electron chi connectivity index (χ0n) is 11.7. The van der Waals surface area contributed by atoms with Gasteiger partial charge >= 0.3 is 6.03 Å². The van der Waals surface area contributed by atoms with E-state index < -0.39 is 0 Å². The summed E-state index contributed by atoms with van der Waals surface area (Å²) in [5.41, 5.74) is 0. The molecule has 4 nitrogen and oxygen atoms in total. The van der Waals surface area contributed by atoms with Crippen molar-refractivity contribution in [2.45, 2.75) is 38.5 Å². The van der Waals surface area contributed by atoms with E-state index in [0.29, 0.717) is 0 Å². The van der Waals surface area contributed by atoms with Crippen molar-refractivity contribution in [3.05, 3.63) is 0 Å². The summed E-state index contributed by atoms with van der Waals surface area (Å²) in [6.45, 7) is 4.58. The number of carbonyl (C=O) groups excluding carboxylic acids is 1. The number of likely N-dealkylation sites (N-methyl/N-ethyl adjacent to an activating group) is 1. The minimum absolute atomic E-state index is 0.138. The van der Waals surface area contributed by atoms with Crippen LogP contribution in [0.1, 0.15) is 38.5 Å². The van der Waals surface area contributed by atoms with Crippen molar-refractivity contribution in [3.8, 4) is 0 Å². The van der Waals surface area contributed by atoms with Gasteiger partial charge in [0.2, 0.25) is 0 Å². The molecule has 0 atom stereocenters. The van der Waals surface area contributed by atoms with E-state index in [9.17, 15) is 4.79 Å². The van der Waals surface area contributed by atoms with Gasteiger partial charge in [0.25, 0.3) is 0 Å². The maximum Gasteiger partial charge on any atom is 0.317 e. The molecule has 1 heterocycles. The summed E-state index contributed by atoms with van der Waals surface area (Å²) < 4.78 is 0. The standard InChI is InChI=1S/C14H27N3O/c1-16-9-11-17(12-10-16)14(18)15-8-7-13-5-3-2-4-6-13/h13H,2-12H2,1H3,(H,15,18). The molecular formula is C14H27N3O. The van der Waals surface area contributed by atoms with Crippen LogP contribution in [0.2, 0.25) is 0 Å². The van der Waals surface area contributed by atoms with Gasteiger partial charge in [0, 0.05) is 32.7 Å². The summed E-state index contributed by atoms with van der Waals surface area (Å²) in [6.07, 6.45) is 8.08. The molecule has 4 heteroatoms. The number of piperazine rings is 1. The third-order valence-electron chi connectivity index (χ3n) is 4.34. The van der Waals surface area contributed by atoms with Gasteiger partial charge in [0.05, 0.1) is 0 Å². The molecule has 0 bridgehead atoms. The molecule has 1 aliphatic heterocycles. The van der Waals surface area contributed by atoms with Gasteiger partial charge in [-0.2, -0.15) is 0 Å². The van der Waals surface area contributed by atoms with Crippen molar-refractivity contribution in [1.82, 2.24) is 15.1 Å². The van der Waals surface area contributed by atoms with Crippen LogP contribution in [0.5, 0.6) is 0 Å². The number of carbonyl (C=O) groups is 1. The van der Waals surface area contributed by atoms with Crippen LogP contribution in [0.3, 0.4) is 0 Å². The van der Waals surface area contributed by atoms with Gasteiger partial charge in [-0.15, -0.1) is 0 Å². The third kappa shape index (κ3) is 4.16. The lowest BCUT2D eigenvalue weighted by Crippen LogP contribution is -2.50. The molecular weight excluding hydrogens is 226 g/mol. The average Bonchev–Trinajstić information content (AvgIpc) is 2.40. The lowest BCUT2D eigenvalue weighted by Gasteiger charge is -2.32. The van der Waals surface area contributed by atoms with Crippen LogP contribution in [0.25, 0.3) is 0 Å². The molecule has 2 rings (SSSR count). The lowest BCUT2D eigenvalue weighted by atomic mass is 9.87. The monoisotopic (exact) mass is 253 g/mol. The lowest BCUT2D eigenvalue weighted by molar-refractivity contribution is 0.153. The van der Waals surface area contributed by atoms with E-state index >= 15 is 0 Å². The van der Waals surface area contributed by atoms with Gasteiger partial charge < -0.3 is 15.1 Å². The van der Waals surface area contributed by atoms with E-state index in [1.165, 1.54) is 38.5 Å². The predicted molar refractivity (Wildman–Crippen MR) is 73.7 cm³/mol. The Morgan fingerprint density at radius 2 is 1.78 bits per heavy atom. The molecule has 0 spiro atoms. The van der Waals surface area contributed by atoms with Crippen molar-refractivity contribution >= 4 is 6.03 Å². The van der Waals surface area contributed by atoms with Crippen LogP contribution in [0, 0.1) is 5.92 Å². The Kier molecular flexibility index (Phi) is 5.29. The second-order valence-corrected chi connectivity index (χ2v) is 5.81. The van der Waals surface area contributed by atoms with Crippen molar-refractivity contribution < 1.29 is 4.79 Å². The molecule has 1 aliphatic carbocycles. The Labute approximate surface area is 111 Å². The molecule has 1 saturated heterocycles. The maximum atomic E-state index is 11.9. The van der Waals surface area contributed by atoms with Crippen LogP contribution in [0.15, 0.2) is 0 Å². The van der Waals surface area contributed by atoms with E-state index in [2.05, 4.69) is 17.3 Å². The zero-order chi connectivity index (χ0) is 12.8. The number of rotatable bonds is 3. The van der Waals surface area contributed by atoms with Gasteiger partial charge in [-0.3, -0.25) is 0 Å².